The van der Waals surface area contributed by atoms with Gasteiger partial charge in [-0.3, -0.25) is 10.1 Å². The molecule has 0 aliphatic heterocycles. The summed E-state index contributed by atoms with van der Waals surface area (Å²) in [4.78, 5) is 16.1. The molecule has 2 rings (SSSR count). The quantitative estimate of drug-likeness (QED) is 0.873. The van der Waals surface area contributed by atoms with E-state index in [0.29, 0.717) is 16.6 Å². The van der Waals surface area contributed by atoms with Gasteiger partial charge >= 0.3 is 0 Å². The lowest BCUT2D eigenvalue weighted by atomic mass is 10.1. The Balaban J connectivity index is 1.96. The Morgan fingerprint density at radius 1 is 1.38 bits per heavy atom. The van der Waals surface area contributed by atoms with E-state index in [1.54, 1.807) is 30.3 Å². The second-order valence-electron chi connectivity index (χ2n) is 4.79. The van der Waals surface area contributed by atoms with Crippen molar-refractivity contribution in [1.29, 1.82) is 5.26 Å². The number of anilines is 1. The molecule has 1 aromatic heterocycles. The van der Waals surface area contributed by atoms with E-state index in [-0.39, 0.29) is 5.91 Å². The van der Waals surface area contributed by atoms with Crippen LogP contribution in [0.4, 0.5) is 5.13 Å². The molecule has 0 radical (unpaired) electrons. The van der Waals surface area contributed by atoms with Crippen molar-refractivity contribution in [2.75, 3.05) is 5.32 Å². The van der Waals surface area contributed by atoms with Gasteiger partial charge < -0.3 is 0 Å². The first kappa shape index (κ1) is 14.9. The summed E-state index contributed by atoms with van der Waals surface area (Å²) in [5, 5.41) is 14.0. The van der Waals surface area contributed by atoms with Crippen molar-refractivity contribution in [1.82, 2.24) is 4.98 Å². The SMILES string of the molecule is CC(C)c1csc(NC(=O)/C=C/c2ccc(C#N)cc2)n1. The molecule has 2 aromatic rings. The van der Waals surface area contributed by atoms with Crippen molar-refractivity contribution in [3.8, 4) is 6.07 Å². The lowest BCUT2D eigenvalue weighted by Crippen LogP contribution is -2.07. The number of carbonyl (C=O) groups is 1. The summed E-state index contributed by atoms with van der Waals surface area (Å²) in [5.41, 5.74) is 2.44. The summed E-state index contributed by atoms with van der Waals surface area (Å²) in [6, 6.07) is 9.07. The van der Waals surface area contributed by atoms with Crippen molar-refractivity contribution in [3.63, 3.8) is 0 Å². The van der Waals surface area contributed by atoms with E-state index in [2.05, 4.69) is 30.2 Å². The van der Waals surface area contributed by atoms with Crippen LogP contribution in [0.5, 0.6) is 0 Å². The summed E-state index contributed by atoms with van der Waals surface area (Å²) in [6.45, 7) is 4.12. The van der Waals surface area contributed by atoms with E-state index in [0.717, 1.165) is 11.3 Å². The number of carbonyl (C=O) groups excluding carboxylic acids is 1. The fourth-order valence-corrected chi connectivity index (χ4v) is 2.47. The number of nitriles is 1. The van der Waals surface area contributed by atoms with E-state index < -0.39 is 0 Å². The molecule has 5 heteroatoms. The Hall–Kier alpha value is -2.45. The summed E-state index contributed by atoms with van der Waals surface area (Å²) in [7, 11) is 0. The fourth-order valence-electron chi connectivity index (χ4n) is 1.60. The Bertz CT molecular complexity index is 693. The Labute approximate surface area is 127 Å². The smallest absolute Gasteiger partial charge is 0.250 e. The lowest BCUT2D eigenvalue weighted by Gasteiger charge is -1.98. The van der Waals surface area contributed by atoms with Crippen molar-refractivity contribution in [2.24, 2.45) is 0 Å². The van der Waals surface area contributed by atoms with Crippen LogP contribution in [0.25, 0.3) is 6.08 Å². The molecule has 0 aliphatic rings. The first-order chi connectivity index (χ1) is 10.1. The number of benzene rings is 1. The minimum Gasteiger partial charge on any atom is -0.298 e. The maximum atomic E-state index is 11.8. The van der Waals surface area contributed by atoms with Crippen LogP contribution in [0.1, 0.15) is 36.6 Å². The molecule has 1 amide bonds. The molecule has 0 saturated carbocycles. The van der Waals surface area contributed by atoms with Gasteiger partial charge in [-0.25, -0.2) is 4.98 Å². The number of nitrogens with zero attached hydrogens (tertiary/aromatic N) is 2. The molecule has 0 aliphatic carbocycles. The molecule has 1 N–H and O–H groups in total. The summed E-state index contributed by atoms with van der Waals surface area (Å²) >= 11 is 1.42. The molecule has 0 bridgehead atoms. The minimum atomic E-state index is -0.219. The minimum absolute atomic E-state index is 0.219. The third kappa shape index (κ3) is 4.26. The van der Waals surface area contributed by atoms with E-state index in [1.807, 2.05) is 5.38 Å². The third-order valence-electron chi connectivity index (χ3n) is 2.81. The molecular weight excluding hydrogens is 282 g/mol. The standard InChI is InChI=1S/C16H15N3OS/c1-11(2)14-10-21-16(18-14)19-15(20)8-7-12-3-5-13(9-17)6-4-12/h3-8,10-11H,1-2H3,(H,18,19,20)/b8-7+. The second-order valence-corrected chi connectivity index (χ2v) is 5.65. The molecule has 1 heterocycles. The van der Waals surface area contributed by atoms with Crippen LogP contribution in [0, 0.1) is 11.3 Å². The highest BCUT2D eigenvalue weighted by atomic mass is 32.1. The normalized spacial score (nSPS) is 10.8. The lowest BCUT2D eigenvalue weighted by molar-refractivity contribution is -0.111. The van der Waals surface area contributed by atoms with Crippen LogP contribution in [0.15, 0.2) is 35.7 Å². The van der Waals surface area contributed by atoms with E-state index >= 15 is 0 Å². The van der Waals surface area contributed by atoms with Gasteiger partial charge in [-0.2, -0.15) is 5.26 Å². The van der Waals surface area contributed by atoms with Gasteiger partial charge in [-0.05, 0) is 29.7 Å². The third-order valence-corrected chi connectivity index (χ3v) is 3.59. The van der Waals surface area contributed by atoms with Gasteiger partial charge in [0.25, 0.3) is 0 Å². The zero-order chi connectivity index (χ0) is 15.2. The van der Waals surface area contributed by atoms with Crippen LogP contribution in [0.3, 0.4) is 0 Å². The number of rotatable bonds is 4. The van der Waals surface area contributed by atoms with Gasteiger partial charge in [0.1, 0.15) is 0 Å². The molecule has 0 unspecified atom stereocenters. The van der Waals surface area contributed by atoms with Crippen LogP contribution in [-0.2, 0) is 4.79 Å². The average molecular weight is 297 g/mol. The van der Waals surface area contributed by atoms with Gasteiger partial charge in [-0.15, -0.1) is 11.3 Å². The highest BCUT2D eigenvalue weighted by Gasteiger charge is 2.06. The largest absolute Gasteiger partial charge is 0.298 e. The first-order valence-corrected chi connectivity index (χ1v) is 7.41. The van der Waals surface area contributed by atoms with Crippen molar-refractivity contribution >= 4 is 28.5 Å². The molecule has 21 heavy (non-hydrogen) atoms. The molecule has 0 atom stereocenters. The van der Waals surface area contributed by atoms with E-state index in [9.17, 15) is 4.79 Å². The Kier molecular flexibility index (Phi) is 4.85. The van der Waals surface area contributed by atoms with Crippen LogP contribution in [-0.4, -0.2) is 10.9 Å². The van der Waals surface area contributed by atoms with E-state index in [4.69, 9.17) is 5.26 Å². The molecule has 106 valence electrons. The number of hydrogen-bond acceptors (Lipinski definition) is 4. The first-order valence-electron chi connectivity index (χ1n) is 6.53. The van der Waals surface area contributed by atoms with Gasteiger partial charge in [-0.1, -0.05) is 26.0 Å². The molecule has 4 nitrogen and oxygen atoms in total. The van der Waals surface area contributed by atoms with Crippen molar-refractivity contribution in [2.45, 2.75) is 19.8 Å². The second kappa shape index (κ2) is 6.82. The maximum Gasteiger partial charge on any atom is 0.250 e. The number of amides is 1. The predicted octanol–water partition coefficient (Wildman–Crippen LogP) is 3.79. The van der Waals surface area contributed by atoms with Crippen molar-refractivity contribution in [3.05, 3.63) is 52.5 Å². The average Bonchev–Trinajstić information content (AvgIpc) is 2.94. The van der Waals surface area contributed by atoms with Crippen LogP contribution < -0.4 is 5.32 Å². The fraction of sp³-hybridized carbons (Fsp3) is 0.188. The molecule has 0 fully saturated rings. The monoisotopic (exact) mass is 297 g/mol. The van der Waals surface area contributed by atoms with Gasteiger partial charge in [0, 0.05) is 11.5 Å². The summed E-state index contributed by atoms with van der Waals surface area (Å²) in [5.74, 6) is 0.130. The molecule has 1 aromatic carbocycles. The number of aromatic nitrogens is 1. The number of thiazole rings is 1. The predicted molar refractivity (Wildman–Crippen MR) is 85.0 cm³/mol. The van der Waals surface area contributed by atoms with E-state index in [1.165, 1.54) is 17.4 Å². The zero-order valence-electron chi connectivity index (χ0n) is 11.8. The zero-order valence-corrected chi connectivity index (χ0v) is 12.6. The molecule has 0 saturated heterocycles. The number of hydrogen-bond donors (Lipinski definition) is 1. The number of nitrogens with one attached hydrogen (secondary N) is 1. The Morgan fingerprint density at radius 2 is 2.10 bits per heavy atom. The van der Waals surface area contributed by atoms with Gasteiger partial charge in [0.15, 0.2) is 5.13 Å². The maximum absolute atomic E-state index is 11.8. The molecule has 0 spiro atoms. The highest BCUT2D eigenvalue weighted by Crippen LogP contribution is 2.21. The molecular formula is C16H15N3OS. The van der Waals surface area contributed by atoms with Gasteiger partial charge in [0.05, 0.1) is 17.3 Å². The van der Waals surface area contributed by atoms with Crippen molar-refractivity contribution < 1.29 is 4.79 Å². The van der Waals surface area contributed by atoms with Gasteiger partial charge in [0.2, 0.25) is 5.91 Å². The Morgan fingerprint density at radius 3 is 2.67 bits per heavy atom. The summed E-state index contributed by atoms with van der Waals surface area (Å²) in [6.07, 6.45) is 3.16. The van der Waals surface area contributed by atoms with Crippen LogP contribution in [0.2, 0.25) is 0 Å². The highest BCUT2D eigenvalue weighted by molar-refractivity contribution is 7.14. The summed E-state index contributed by atoms with van der Waals surface area (Å²) < 4.78 is 0. The topological polar surface area (TPSA) is 65.8 Å². The van der Waals surface area contributed by atoms with Crippen LogP contribution >= 0.6 is 11.3 Å².